The highest BCUT2D eigenvalue weighted by atomic mass is 127. The maximum Gasteiger partial charge on any atom is 0.191 e. The van der Waals surface area contributed by atoms with Crippen LogP contribution in [0.2, 0.25) is 0 Å². The van der Waals surface area contributed by atoms with Gasteiger partial charge in [0.05, 0.1) is 13.7 Å². The summed E-state index contributed by atoms with van der Waals surface area (Å²) < 4.78 is 5.25. The molecule has 2 N–H and O–H groups in total. The van der Waals surface area contributed by atoms with E-state index < -0.39 is 0 Å². The number of benzene rings is 1. The van der Waals surface area contributed by atoms with E-state index in [1.807, 2.05) is 12.1 Å². The van der Waals surface area contributed by atoms with Gasteiger partial charge in [0.25, 0.3) is 0 Å². The molecular weight excluding hydrogens is 509 g/mol. The molecule has 1 aliphatic heterocycles. The van der Waals surface area contributed by atoms with E-state index in [4.69, 9.17) is 4.74 Å². The third-order valence-corrected chi connectivity index (χ3v) is 5.83. The topological polar surface area (TPSA) is 52.1 Å². The molecule has 8 heteroatoms. The van der Waals surface area contributed by atoms with Crippen LogP contribution in [-0.2, 0) is 6.54 Å². The van der Waals surface area contributed by atoms with Crippen molar-refractivity contribution >= 4 is 47.0 Å². The maximum absolute atomic E-state index is 5.25. The Morgan fingerprint density at radius 1 is 1.10 bits per heavy atom. The summed E-state index contributed by atoms with van der Waals surface area (Å²) >= 11 is 1.72. The fourth-order valence-electron chi connectivity index (χ4n) is 3.43. The molecule has 1 fully saturated rings. The number of rotatable bonds is 9. The molecule has 1 aromatic heterocycles. The van der Waals surface area contributed by atoms with E-state index in [1.54, 1.807) is 18.4 Å². The highest BCUT2D eigenvalue weighted by Gasteiger charge is 2.16. The lowest BCUT2D eigenvalue weighted by Gasteiger charge is -2.36. The number of nitrogens with one attached hydrogen (secondary N) is 2. The first-order valence-corrected chi connectivity index (χ1v) is 11.4. The Labute approximate surface area is 201 Å². The molecule has 0 unspecified atom stereocenters. The number of ether oxygens (including phenoxy) is 1. The van der Waals surface area contributed by atoms with Gasteiger partial charge in [0.2, 0.25) is 0 Å². The lowest BCUT2D eigenvalue weighted by atomic mass is 10.2. The van der Waals surface area contributed by atoms with Gasteiger partial charge in [0.1, 0.15) is 5.75 Å². The second kappa shape index (κ2) is 13.7. The average molecular weight is 544 g/mol. The minimum atomic E-state index is 0. The fraction of sp³-hybridized carbons (Fsp3) is 0.500. The van der Waals surface area contributed by atoms with Crippen molar-refractivity contribution in [2.75, 3.05) is 57.8 Å². The number of nitrogens with zero attached hydrogens (tertiary/aromatic N) is 3. The van der Waals surface area contributed by atoms with Crippen LogP contribution in [0.1, 0.15) is 18.9 Å². The van der Waals surface area contributed by atoms with E-state index in [1.165, 1.54) is 11.3 Å². The second-order valence-electron chi connectivity index (χ2n) is 7.13. The molecule has 0 spiro atoms. The number of anilines is 1. The van der Waals surface area contributed by atoms with Gasteiger partial charge in [-0.15, -0.1) is 24.0 Å². The van der Waals surface area contributed by atoms with E-state index >= 15 is 0 Å². The van der Waals surface area contributed by atoms with Gasteiger partial charge < -0.3 is 20.3 Å². The first-order valence-electron chi connectivity index (χ1n) is 10.4. The predicted octanol–water partition coefficient (Wildman–Crippen LogP) is 3.64. The first kappa shape index (κ1) is 24.7. The van der Waals surface area contributed by atoms with Crippen LogP contribution in [0.3, 0.4) is 0 Å². The van der Waals surface area contributed by atoms with Crippen molar-refractivity contribution in [2.45, 2.75) is 19.9 Å². The van der Waals surface area contributed by atoms with Gasteiger partial charge in [-0.1, -0.05) is 0 Å². The SMILES string of the molecule is CCNC(=NCc1ccsc1)NCCCN1CCN(c2ccc(OC)cc2)CC1.I. The van der Waals surface area contributed by atoms with E-state index in [0.717, 1.165) is 70.5 Å². The highest BCUT2D eigenvalue weighted by Crippen LogP contribution is 2.20. The number of hydrogen-bond donors (Lipinski definition) is 2. The van der Waals surface area contributed by atoms with Gasteiger partial charge in [0.15, 0.2) is 5.96 Å². The summed E-state index contributed by atoms with van der Waals surface area (Å²) in [6, 6.07) is 10.5. The molecule has 3 rings (SSSR count). The van der Waals surface area contributed by atoms with Crippen molar-refractivity contribution in [1.29, 1.82) is 0 Å². The largest absolute Gasteiger partial charge is 0.497 e. The van der Waals surface area contributed by atoms with E-state index in [9.17, 15) is 0 Å². The Balaban J connectivity index is 0.00000320. The van der Waals surface area contributed by atoms with Crippen molar-refractivity contribution < 1.29 is 4.74 Å². The van der Waals surface area contributed by atoms with Crippen LogP contribution in [0.25, 0.3) is 0 Å². The van der Waals surface area contributed by atoms with Gasteiger partial charge in [-0.05, 0) is 66.5 Å². The van der Waals surface area contributed by atoms with Crippen LogP contribution in [0.15, 0.2) is 46.1 Å². The summed E-state index contributed by atoms with van der Waals surface area (Å²) in [5.74, 6) is 1.82. The van der Waals surface area contributed by atoms with Crippen LogP contribution in [0.5, 0.6) is 5.75 Å². The van der Waals surface area contributed by atoms with Gasteiger partial charge in [-0.3, -0.25) is 4.90 Å². The first-order chi connectivity index (χ1) is 14.3. The summed E-state index contributed by atoms with van der Waals surface area (Å²) in [5, 5.41) is 11.0. The second-order valence-corrected chi connectivity index (χ2v) is 7.91. The quantitative estimate of drug-likeness (QED) is 0.219. The van der Waals surface area contributed by atoms with Gasteiger partial charge in [0, 0.05) is 45.0 Å². The van der Waals surface area contributed by atoms with Crippen LogP contribution in [0.4, 0.5) is 5.69 Å². The fourth-order valence-corrected chi connectivity index (χ4v) is 4.09. The standard InChI is InChI=1S/C22H33N5OS.HI/c1-3-23-22(25-17-19-9-16-29-18-19)24-10-4-11-26-12-14-27(15-13-26)20-5-7-21(28-2)8-6-20;/h5-9,16,18H,3-4,10-15,17H2,1-2H3,(H2,23,24,25);1H. The molecule has 1 aliphatic rings. The Bertz CT molecular complexity index is 730. The Morgan fingerprint density at radius 3 is 2.50 bits per heavy atom. The lowest BCUT2D eigenvalue weighted by Crippen LogP contribution is -2.47. The minimum Gasteiger partial charge on any atom is -0.497 e. The van der Waals surface area contributed by atoms with Crippen LogP contribution in [0, 0.1) is 0 Å². The van der Waals surface area contributed by atoms with Crippen molar-refractivity contribution in [3.63, 3.8) is 0 Å². The molecule has 30 heavy (non-hydrogen) atoms. The molecule has 0 saturated carbocycles. The van der Waals surface area contributed by atoms with Gasteiger partial charge >= 0.3 is 0 Å². The summed E-state index contributed by atoms with van der Waals surface area (Å²) in [5.41, 5.74) is 2.55. The summed E-state index contributed by atoms with van der Waals surface area (Å²) in [4.78, 5) is 9.67. The summed E-state index contributed by atoms with van der Waals surface area (Å²) in [7, 11) is 1.71. The zero-order valence-electron chi connectivity index (χ0n) is 18.0. The molecule has 6 nitrogen and oxygen atoms in total. The smallest absolute Gasteiger partial charge is 0.191 e. The van der Waals surface area contributed by atoms with Crippen molar-refractivity contribution in [3.8, 4) is 5.75 Å². The molecule has 0 amide bonds. The van der Waals surface area contributed by atoms with Gasteiger partial charge in [-0.25, -0.2) is 4.99 Å². The molecule has 2 heterocycles. The third-order valence-electron chi connectivity index (χ3n) is 5.10. The number of halogens is 1. The monoisotopic (exact) mass is 543 g/mol. The Morgan fingerprint density at radius 2 is 1.87 bits per heavy atom. The van der Waals surface area contributed by atoms with Crippen molar-refractivity contribution in [2.24, 2.45) is 4.99 Å². The van der Waals surface area contributed by atoms with Crippen LogP contribution in [-0.4, -0.2) is 63.8 Å². The molecule has 166 valence electrons. The number of guanidine groups is 1. The predicted molar refractivity (Wildman–Crippen MR) is 139 cm³/mol. The molecule has 1 aromatic carbocycles. The molecular formula is C22H34IN5OS. The zero-order valence-corrected chi connectivity index (χ0v) is 21.1. The van der Waals surface area contributed by atoms with Crippen molar-refractivity contribution in [3.05, 3.63) is 46.7 Å². The Hall–Kier alpha value is -1.52. The Kier molecular flexibility index (Phi) is 11.3. The number of hydrogen-bond acceptors (Lipinski definition) is 5. The zero-order chi connectivity index (χ0) is 20.3. The van der Waals surface area contributed by atoms with E-state index in [-0.39, 0.29) is 24.0 Å². The summed E-state index contributed by atoms with van der Waals surface area (Å²) in [6.45, 7) is 10.1. The van der Waals surface area contributed by atoms with Crippen LogP contribution < -0.4 is 20.3 Å². The summed E-state index contributed by atoms with van der Waals surface area (Å²) in [6.07, 6.45) is 1.12. The highest BCUT2D eigenvalue weighted by molar-refractivity contribution is 14.0. The van der Waals surface area contributed by atoms with Crippen LogP contribution >= 0.6 is 35.3 Å². The molecule has 1 saturated heterocycles. The molecule has 0 atom stereocenters. The van der Waals surface area contributed by atoms with E-state index in [0.29, 0.717) is 0 Å². The third kappa shape index (κ3) is 7.96. The van der Waals surface area contributed by atoms with Gasteiger partial charge in [-0.2, -0.15) is 11.3 Å². The average Bonchev–Trinajstić information content (AvgIpc) is 3.29. The number of piperazine rings is 1. The number of aliphatic imine (C=N–C) groups is 1. The number of methoxy groups -OCH3 is 1. The van der Waals surface area contributed by atoms with Crippen molar-refractivity contribution in [1.82, 2.24) is 15.5 Å². The lowest BCUT2D eigenvalue weighted by molar-refractivity contribution is 0.255. The normalized spacial score (nSPS) is 14.9. The maximum atomic E-state index is 5.25. The van der Waals surface area contributed by atoms with E-state index in [2.05, 4.69) is 61.3 Å². The molecule has 0 radical (unpaired) electrons. The molecule has 2 aromatic rings. The molecule has 0 aliphatic carbocycles. The minimum absolute atomic E-state index is 0. The number of thiophene rings is 1. The molecule has 0 bridgehead atoms.